The van der Waals surface area contributed by atoms with Crippen LogP contribution in [0.5, 0.6) is 0 Å². The van der Waals surface area contributed by atoms with Gasteiger partial charge in [0.2, 0.25) is 0 Å². The number of para-hydroxylation sites is 1. The predicted molar refractivity (Wildman–Crippen MR) is 198 cm³/mol. The molecule has 10 rings (SSSR count). The van der Waals surface area contributed by atoms with Gasteiger partial charge in [-0.1, -0.05) is 133 Å². The summed E-state index contributed by atoms with van der Waals surface area (Å²) in [6, 6.07) is 57.2. The molecule has 214 valence electrons. The van der Waals surface area contributed by atoms with Crippen molar-refractivity contribution >= 4 is 75.7 Å². The summed E-state index contributed by atoms with van der Waals surface area (Å²) in [5, 5.41) is 11.2. The fourth-order valence-corrected chi connectivity index (χ4v) is 8.82. The second-order valence-electron chi connectivity index (χ2n) is 12.0. The van der Waals surface area contributed by atoms with E-state index in [1.165, 1.54) is 80.5 Å². The SMILES string of the molecule is c1ccc(-c2sc3c(ccc4oc5ccccc5c43)c2-c2c3ccccc3c(-c3ccc4ccccc4c3)c3ccccc23)cc1. The average Bonchev–Trinajstić information content (AvgIpc) is 3.69. The maximum atomic E-state index is 6.36. The molecule has 0 saturated carbocycles. The fourth-order valence-electron chi connectivity index (χ4n) is 7.46. The van der Waals surface area contributed by atoms with E-state index in [1.807, 2.05) is 17.4 Å². The minimum Gasteiger partial charge on any atom is -0.456 e. The van der Waals surface area contributed by atoms with Crippen molar-refractivity contribution in [3.63, 3.8) is 0 Å². The zero-order chi connectivity index (χ0) is 30.2. The van der Waals surface area contributed by atoms with Gasteiger partial charge >= 0.3 is 0 Å². The summed E-state index contributed by atoms with van der Waals surface area (Å²) in [4.78, 5) is 1.28. The van der Waals surface area contributed by atoms with Crippen LogP contribution in [0, 0.1) is 0 Å². The minimum atomic E-state index is 0.928. The van der Waals surface area contributed by atoms with E-state index in [-0.39, 0.29) is 0 Å². The van der Waals surface area contributed by atoms with Crippen LogP contribution in [-0.2, 0) is 0 Å². The van der Waals surface area contributed by atoms with Gasteiger partial charge < -0.3 is 4.42 Å². The molecular weight excluding hydrogens is 577 g/mol. The summed E-state index contributed by atoms with van der Waals surface area (Å²) in [7, 11) is 0. The Morgan fingerprint density at radius 3 is 1.72 bits per heavy atom. The van der Waals surface area contributed by atoms with E-state index in [1.54, 1.807) is 0 Å². The third-order valence-electron chi connectivity index (χ3n) is 9.45. The Balaban J connectivity index is 1.38. The highest BCUT2D eigenvalue weighted by atomic mass is 32.1. The Morgan fingerprint density at radius 2 is 0.978 bits per heavy atom. The van der Waals surface area contributed by atoms with E-state index < -0.39 is 0 Å². The maximum Gasteiger partial charge on any atom is 0.136 e. The molecule has 0 aliphatic rings. The van der Waals surface area contributed by atoms with Gasteiger partial charge in [0.25, 0.3) is 0 Å². The van der Waals surface area contributed by atoms with Crippen LogP contribution in [0.2, 0.25) is 0 Å². The van der Waals surface area contributed by atoms with Gasteiger partial charge in [-0.15, -0.1) is 11.3 Å². The van der Waals surface area contributed by atoms with Gasteiger partial charge in [0.05, 0.1) is 0 Å². The van der Waals surface area contributed by atoms with Crippen LogP contribution in [0.15, 0.2) is 162 Å². The smallest absolute Gasteiger partial charge is 0.136 e. The van der Waals surface area contributed by atoms with Crippen molar-refractivity contribution in [2.75, 3.05) is 0 Å². The van der Waals surface area contributed by atoms with E-state index in [0.717, 1.165) is 16.6 Å². The molecule has 0 bridgehead atoms. The van der Waals surface area contributed by atoms with E-state index in [9.17, 15) is 0 Å². The van der Waals surface area contributed by atoms with E-state index in [4.69, 9.17) is 4.42 Å². The number of fused-ring (bicyclic) bond motifs is 8. The lowest BCUT2D eigenvalue weighted by Crippen LogP contribution is -1.91. The number of benzene rings is 8. The van der Waals surface area contributed by atoms with Gasteiger partial charge in [-0.05, 0) is 78.8 Å². The zero-order valence-corrected chi connectivity index (χ0v) is 25.6. The van der Waals surface area contributed by atoms with Crippen molar-refractivity contribution in [1.82, 2.24) is 0 Å². The molecule has 0 aliphatic heterocycles. The van der Waals surface area contributed by atoms with Crippen molar-refractivity contribution < 1.29 is 4.42 Å². The van der Waals surface area contributed by atoms with Gasteiger partial charge in [-0.2, -0.15) is 0 Å². The minimum absolute atomic E-state index is 0.928. The van der Waals surface area contributed by atoms with Crippen molar-refractivity contribution in [3.05, 3.63) is 158 Å². The molecule has 2 aromatic heterocycles. The maximum absolute atomic E-state index is 6.36. The first kappa shape index (κ1) is 25.6. The van der Waals surface area contributed by atoms with E-state index >= 15 is 0 Å². The van der Waals surface area contributed by atoms with Crippen LogP contribution in [0.25, 0.3) is 97.0 Å². The van der Waals surface area contributed by atoms with Gasteiger partial charge in [-0.25, -0.2) is 0 Å². The first-order valence-corrected chi connectivity index (χ1v) is 16.5. The molecule has 0 amide bonds. The first-order chi connectivity index (χ1) is 22.8. The highest BCUT2D eigenvalue weighted by molar-refractivity contribution is 7.24. The molecule has 0 N–H and O–H groups in total. The van der Waals surface area contributed by atoms with Crippen molar-refractivity contribution in [2.45, 2.75) is 0 Å². The highest BCUT2D eigenvalue weighted by Gasteiger charge is 2.24. The van der Waals surface area contributed by atoms with Gasteiger partial charge in [0.1, 0.15) is 11.2 Å². The molecular formula is C44H26OS. The normalized spacial score (nSPS) is 11.9. The lowest BCUT2D eigenvalue weighted by Gasteiger charge is -2.19. The molecule has 10 aromatic rings. The predicted octanol–water partition coefficient (Wildman–Crippen LogP) is 13.3. The Labute approximate surface area is 269 Å². The summed E-state index contributed by atoms with van der Waals surface area (Å²) in [6.07, 6.45) is 0. The van der Waals surface area contributed by atoms with Crippen LogP contribution in [0.1, 0.15) is 0 Å². The van der Waals surface area contributed by atoms with Gasteiger partial charge in [0.15, 0.2) is 0 Å². The summed E-state index contributed by atoms with van der Waals surface area (Å²) < 4.78 is 7.63. The Bertz CT molecular complexity index is 2740. The standard InChI is InChI=1S/C44H26OS/c1-2-13-28(14-3-1)43-42(36-24-25-38-41(44(36)46-43)35-20-10-11-21-37(35)45-38)40-33-18-8-6-16-31(33)39(32-17-7-9-19-34(32)40)30-23-22-27-12-4-5-15-29(27)26-30/h1-26H. The van der Waals surface area contributed by atoms with E-state index in [2.05, 4.69) is 152 Å². The molecule has 0 saturated heterocycles. The second-order valence-corrected chi connectivity index (χ2v) is 13.0. The Kier molecular flexibility index (Phi) is 5.51. The number of thiophene rings is 1. The lowest BCUT2D eigenvalue weighted by atomic mass is 9.84. The van der Waals surface area contributed by atoms with Crippen LogP contribution in [-0.4, -0.2) is 0 Å². The number of hydrogen-bond acceptors (Lipinski definition) is 2. The van der Waals surface area contributed by atoms with Crippen LogP contribution in [0.3, 0.4) is 0 Å². The molecule has 0 spiro atoms. The molecule has 1 nitrogen and oxygen atoms in total. The highest BCUT2D eigenvalue weighted by Crippen LogP contribution is 2.53. The summed E-state index contributed by atoms with van der Waals surface area (Å²) >= 11 is 1.88. The van der Waals surface area contributed by atoms with Crippen LogP contribution in [0.4, 0.5) is 0 Å². The zero-order valence-electron chi connectivity index (χ0n) is 24.8. The first-order valence-electron chi connectivity index (χ1n) is 15.7. The molecule has 0 aliphatic carbocycles. The molecule has 46 heavy (non-hydrogen) atoms. The molecule has 0 radical (unpaired) electrons. The molecule has 0 fully saturated rings. The number of rotatable bonds is 3. The third-order valence-corrected chi connectivity index (χ3v) is 10.7. The molecule has 2 heterocycles. The third kappa shape index (κ3) is 3.68. The second kappa shape index (κ2) is 9.90. The van der Waals surface area contributed by atoms with Crippen LogP contribution < -0.4 is 0 Å². The Hall–Kier alpha value is -5.70. The van der Waals surface area contributed by atoms with Gasteiger partial charge in [0, 0.05) is 31.3 Å². The number of hydrogen-bond donors (Lipinski definition) is 0. The molecule has 2 heteroatoms. The van der Waals surface area contributed by atoms with Crippen molar-refractivity contribution in [3.8, 4) is 32.7 Å². The van der Waals surface area contributed by atoms with Crippen molar-refractivity contribution in [1.29, 1.82) is 0 Å². The quantitative estimate of drug-likeness (QED) is 0.183. The molecule has 8 aromatic carbocycles. The lowest BCUT2D eigenvalue weighted by molar-refractivity contribution is 0.669. The molecule has 0 unspecified atom stereocenters. The van der Waals surface area contributed by atoms with E-state index in [0.29, 0.717) is 0 Å². The average molecular weight is 603 g/mol. The summed E-state index contributed by atoms with van der Waals surface area (Å²) in [5.74, 6) is 0. The molecule has 0 atom stereocenters. The fraction of sp³-hybridized carbons (Fsp3) is 0. The summed E-state index contributed by atoms with van der Waals surface area (Å²) in [6.45, 7) is 0. The van der Waals surface area contributed by atoms with Gasteiger partial charge in [-0.3, -0.25) is 0 Å². The topological polar surface area (TPSA) is 13.1 Å². The summed E-state index contributed by atoms with van der Waals surface area (Å²) in [5.41, 5.74) is 8.18. The Morgan fingerprint density at radius 1 is 0.370 bits per heavy atom. The number of furan rings is 1. The van der Waals surface area contributed by atoms with Crippen molar-refractivity contribution in [2.24, 2.45) is 0 Å². The monoisotopic (exact) mass is 602 g/mol. The van der Waals surface area contributed by atoms with Crippen LogP contribution >= 0.6 is 11.3 Å². The largest absolute Gasteiger partial charge is 0.456 e.